The summed E-state index contributed by atoms with van der Waals surface area (Å²) in [6, 6.07) is 8.53. The Labute approximate surface area is 113 Å². The summed E-state index contributed by atoms with van der Waals surface area (Å²) in [7, 11) is 2.16. The highest BCUT2D eigenvalue weighted by molar-refractivity contribution is 9.10. The molecule has 0 aliphatic heterocycles. The van der Waals surface area contributed by atoms with Gasteiger partial charge in [-0.2, -0.15) is 0 Å². The number of nitrogens with two attached hydrogens (primary N) is 1. The topological polar surface area (TPSA) is 29.3 Å². The van der Waals surface area contributed by atoms with Gasteiger partial charge in [-0.15, -0.1) is 0 Å². The summed E-state index contributed by atoms with van der Waals surface area (Å²) in [4.78, 5) is 2.34. The van der Waals surface area contributed by atoms with E-state index in [0.29, 0.717) is 0 Å². The normalized spacial score (nSPS) is 12.1. The maximum atomic E-state index is 5.98. The predicted octanol–water partition coefficient (Wildman–Crippen LogP) is 3.05. The first kappa shape index (κ1) is 14.7. The van der Waals surface area contributed by atoms with Crippen molar-refractivity contribution in [1.29, 1.82) is 0 Å². The van der Waals surface area contributed by atoms with Gasteiger partial charge in [0.1, 0.15) is 0 Å². The summed E-state index contributed by atoms with van der Waals surface area (Å²) in [5.41, 5.74) is 7.29. The average molecular weight is 299 g/mol. The Morgan fingerprint density at radius 3 is 2.29 bits per heavy atom. The van der Waals surface area contributed by atoms with Crippen LogP contribution in [-0.4, -0.2) is 30.6 Å². The molecule has 0 aliphatic rings. The molecule has 0 aromatic heterocycles. The Morgan fingerprint density at radius 1 is 1.18 bits per heavy atom. The van der Waals surface area contributed by atoms with E-state index in [-0.39, 0.29) is 5.54 Å². The largest absolute Gasteiger partial charge is 0.326 e. The molecule has 0 heterocycles. The zero-order chi connectivity index (χ0) is 12.9. The van der Waals surface area contributed by atoms with E-state index >= 15 is 0 Å². The van der Waals surface area contributed by atoms with Crippen LogP contribution in [0.25, 0.3) is 0 Å². The molecule has 1 aromatic rings. The molecule has 0 radical (unpaired) electrons. The van der Waals surface area contributed by atoms with Crippen LogP contribution >= 0.6 is 15.9 Å². The number of hydrogen-bond donors (Lipinski definition) is 1. The van der Waals surface area contributed by atoms with Crippen LogP contribution in [0.3, 0.4) is 0 Å². The van der Waals surface area contributed by atoms with Crippen molar-refractivity contribution in [2.75, 3.05) is 20.1 Å². The first-order valence-corrected chi connectivity index (χ1v) is 6.88. The first-order valence-electron chi connectivity index (χ1n) is 6.09. The van der Waals surface area contributed by atoms with Gasteiger partial charge in [-0.1, -0.05) is 28.1 Å². The van der Waals surface area contributed by atoms with Crippen LogP contribution in [0.5, 0.6) is 0 Å². The van der Waals surface area contributed by atoms with Crippen LogP contribution in [0.2, 0.25) is 0 Å². The highest BCUT2D eigenvalue weighted by atomic mass is 79.9. The predicted molar refractivity (Wildman–Crippen MR) is 78.2 cm³/mol. The molecule has 0 bridgehead atoms. The summed E-state index contributed by atoms with van der Waals surface area (Å²) in [6.07, 6.45) is 2.12. The first-order chi connectivity index (χ1) is 7.87. The quantitative estimate of drug-likeness (QED) is 0.875. The number of rotatable bonds is 6. The second kappa shape index (κ2) is 6.53. The lowest BCUT2D eigenvalue weighted by Crippen LogP contribution is -2.36. The maximum absolute atomic E-state index is 5.98. The monoisotopic (exact) mass is 298 g/mol. The van der Waals surface area contributed by atoms with Crippen molar-refractivity contribution in [2.24, 2.45) is 5.73 Å². The van der Waals surface area contributed by atoms with Crippen LogP contribution in [0.4, 0.5) is 0 Å². The molecule has 0 unspecified atom stereocenters. The molecule has 0 fully saturated rings. The van der Waals surface area contributed by atoms with E-state index in [0.717, 1.165) is 30.4 Å². The number of halogens is 1. The van der Waals surface area contributed by atoms with Gasteiger partial charge in [0.05, 0.1) is 0 Å². The maximum Gasteiger partial charge on any atom is 0.0175 e. The minimum Gasteiger partial charge on any atom is -0.326 e. The van der Waals surface area contributed by atoms with Gasteiger partial charge in [0, 0.05) is 16.6 Å². The summed E-state index contributed by atoms with van der Waals surface area (Å²) < 4.78 is 1.14. The Hall–Kier alpha value is -0.380. The molecule has 0 spiro atoms. The molecule has 0 saturated carbocycles. The SMILES string of the molecule is CN(CCc1ccc(Br)cc1)CCC(C)(C)N. The minimum atomic E-state index is -0.0636. The second-order valence-electron chi connectivity index (χ2n) is 5.42. The minimum absolute atomic E-state index is 0.0636. The molecule has 0 amide bonds. The van der Waals surface area contributed by atoms with Crippen molar-refractivity contribution in [3.05, 3.63) is 34.3 Å². The van der Waals surface area contributed by atoms with Crippen LogP contribution in [0.1, 0.15) is 25.8 Å². The van der Waals surface area contributed by atoms with E-state index in [4.69, 9.17) is 5.73 Å². The molecule has 2 N–H and O–H groups in total. The van der Waals surface area contributed by atoms with Gasteiger partial charge in [-0.05, 0) is 58.0 Å². The fourth-order valence-electron chi connectivity index (χ4n) is 1.56. The Balaban J connectivity index is 2.28. The lowest BCUT2D eigenvalue weighted by atomic mass is 10.0. The van der Waals surface area contributed by atoms with E-state index in [1.54, 1.807) is 0 Å². The van der Waals surface area contributed by atoms with E-state index in [2.05, 4.69) is 66.0 Å². The fraction of sp³-hybridized carbons (Fsp3) is 0.571. The molecule has 0 saturated heterocycles. The Morgan fingerprint density at radius 2 is 1.76 bits per heavy atom. The van der Waals surface area contributed by atoms with Crippen LogP contribution in [0.15, 0.2) is 28.7 Å². The zero-order valence-electron chi connectivity index (χ0n) is 11.0. The third kappa shape index (κ3) is 6.81. The van der Waals surface area contributed by atoms with Crippen LogP contribution in [-0.2, 0) is 6.42 Å². The summed E-state index contributed by atoms with van der Waals surface area (Å²) in [5.74, 6) is 0. The summed E-state index contributed by atoms with van der Waals surface area (Å²) >= 11 is 3.45. The van der Waals surface area contributed by atoms with Gasteiger partial charge in [-0.25, -0.2) is 0 Å². The second-order valence-corrected chi connectivity index (χ2v) is 6.33. The Bertz CT molecular complexity index is 327. The number of hydrogen-bond acceptors (Lipinski definition) is 2. The number of nitrogens with zero attached hydrogens (tertiary/aromatic N) is 1. The van der Waals surface area contributed by atoms with Gasteiger partial charge < -0.3 is 10.6 Å². The molecule has 96 valence electrons. The number of benzene rings is 1. The van der Waals surface area contributed by atoms with E-state index < -0.39 is 0 Å². The molecule has 0 atom stereocenters. The summed E-state index contributed by atoms with van der Waals surface area (Å²) in [6.45, 7) is 6.29. The lowest BCUT2D eigenvalue weighted by molar-refractivity contribution is 0.298. The van der Waals surface area contributed by atoms with Crippen molar-refractivity contribution >= 4 is 15.9 Å². The van der Waals surface area contributed by atoms with E-state index in [1.165, 1.54) is 5.56 Å². The molecule has 3 heteroatoms. The van der Waals surface area contributed by atoms with Gasteiger partial charge >= 0.3 is 0 Å². The van der Waals surface area contributed by atoms with Crippen molar-refractivity contribution < 1.29 is 0 Å². The van der Waals surface area contributed by atoms with Gasteiger partial charge in [0.2, 0.25) is 0 Å². The zero-order valence-corrected chi connectivity index (χ0v) is 12.6. The third-order valence-corrected chi connectivity index (χ3v) is 3.36. The average Bonchev–Trinajstić information content (AvgIpc) is 2.25. The standard InChI is InChI=1S/C14H23BrN2/c1-14(2,16)9-11-17(3)10-8-12-4-6-13(15)7-5-12/h4-7H,8-11,16H2,1-3H3. The van der Waals surface area contributed by atoms with Crippen molar-refractivity contribution in [1.82, 2.24) is 4.90 Å². The highest BCUT2D eigenvalue weighted by Gasteiger charge is 2.11. The van der Waals surface area contributed by atoms with Gasteiger partial charge in [0.15, 0.2) is 0 Å². The van der Waals surface area contributed by atoms with Crippen molar-refractivity contribution in [3.8, 4) is 0 Å². The Kier molecular flexibility index (Phi) is 5.63. The van der Waals surface area contributed by atoms with Crippen molar-refractivity contribution in [2.45, 2.75) is 32.2 Å². The molecular formula is C14H23BrN2. The van der Waals surface area contributed by atoms with Crippen LogP contribution < -0.4 is 5.73 Å². The molecular weight excluding hydrogens is 276 g/mol. The number of likely N-dealkylation sites (N-methyl/N-ethyl adjacent to an activating group) is 1. The third-order valence-electron chi connectivity index (χ3n) is 2.83. The van der Waals surface area contributed by atoms with Crippen LogP contribution in [0, 0.1) is 0 Å². The van der Waals surface area contributed by atoms with E-state index in [1.807, 2.05) is 0 Å². The van der Waals surface area contributed by atoms with Crippen molar-refractivity contribution in [3.63, 3.8) is 0 Å². The lowest BCUT2D eigenvalue weighted by Gasteiger charge is -2.23. The molecule has 17 heavy (non-hydrogen) atoms. The van der Waals surface area contributed by atoms with Gasteiger partial charge in [-0.3, -0.25) is 0 Å². The molecule has 1 aromatic carbocycles. The van der Waals surface area contributed by atoms with E-state index in [9.17, 15) is 0 Å². The molecule has 1 rings (SSSR count). The smallest absolute Gasteiger partial charge is 0.0175 e. The molecule has 2 nitrogen and oxygen atoms in total. The van der Waals surface area contributed by atoms with Gasteiger partial charge in [0.25, 0.3) is 0 Å². The highest BCUT2D eigenvalue weighted by Crippen LogP contribution is 2.11. The fourth-order valence-corrected chi connectivity index (χ4v) is 1.83. The molecule has 0 aliphatic carbocycles. The summed E-state index contributed by atoms with van der Waals surface area (Å²) in [5, 5.41) is 0.